The second-order valence-electron chi connectivity index (χ2n) is 3.62. The van der Waals surface area contributed by atoms with Crippen LogP contribution in [-0.2, 0) is 4.79 Å². The summed E-state index contributed by atoms with van der Waals surface area (Å²) in [5, 5.41) is 5.16. The van der Waals surface area contributed by atoms with E-state index in [4.69, 9.17) is 0 Å². The van der Waals surface area contributed by atoms with Crippen LogP contribution in [0.3, 0.4) is 0 Å². The summed E-state index contributed by atoms with van der Waals surface area (Å²) < 4.78 is 0. The molecule has 2 N–H and O–H groups in total. The van der Waals surface area contributed by atoms with Crippen LogP contribution in [0.1, 0.15) is 10.4 Å². The maximum absolute atomic E-state index is 11.9. The molecule has 89 valence electrons. The molecule has 18 heavy (non-hydrogen) atoms. The molecule has 0 aromatic heterocycles. The van der Waals surface area contributed by atoms with Gasteiger partial charge in [-0.1, -0.05) is 18.2 Å². The van der Waals surface area contributed by atoms with Crippen LogP contribution in [0, 0.1) is 0 Å². The quantitative estimate of drug-likeness (QED) is 0.805. The number of hydrogen-bond donors (Lipinski definition) is 2. The van der Waals surface area contributed by atoms with Crippen LogP contribution in [0.15, 0.2) is 54.6 Å². The van der Waals surface area contributed by atoms with Gasteiger partial charge in [0.2, 0.25) is 0 Å². The Kier molecular flexibility index (Phi) is 3.71. The number of carbonyl (C=O) groups excluding carboxylic acids is 2. The molecule has 0 bridgehead atoms. The number of carbonyl (C=O) groups is 1. The first kappa shape index (κ1) is 11.9. The van der Waals surface area contributed by atoms with E-state index in [1.165, 1.54) is 0 Å². The molecule has 1 radical (unpaired) electrons. The third-order valence-corrected chi connectivity index (χ3v) is 2.37. The predicted molar refractivity (Wildman–Crippen MR) is 70.2 cm³/mol. The van der Waals surface area contributed by atoms with Crippen LogP contribution >= 0.6 is 0 Å². The number of para-hydroxylation sites is 1. The normalized spacial score (nSPS) is 9.56. The Hall–Kier alpha value is -2.62. The van der Waals surface area contributed by atoms with Gasteiger partial charge < -0.3 is 10.6 Å². The molecule has 4 nitrogen and oxygen atoms in total. The van der Waals surface area contributed by atoms with Crippen molar-refractivity contribution in [2.24, 2.45) is 0 Å². The van der Waals surface area contributed by atoms with E-state index in [9.17, 15) is 9.59 Å². The predicted octanol–water partition coefficient (Wildman–Crippen LogP) is 2.42. The average Bonchev–Trinajstić information content (AvgIpc) is 2.41. The van der Waals surface area contributed by atoms with Gasteiger partial charge in [0.05, 0.1) is 0 Å². The Labute approximate surface area is 105 Å². The smallest absolute Gasteiger partial charge is 0.314 e. The second kappa shape index (κ2) is 5.63. The topological polar surface area (TPSA) is 58.2 Å². The van der Waals surface area contributed by atoms with Gasteiger partial charge in [-0.05, 0) is 36.4 Å². The molecule has 2 aromatic rings. The van der Waals surface area contributed by atoms with Crippen molar-refractivity contribution >= 4 is 23.7 Å². The van der Waals surface area contributed by atoms with E-state index in [0.717, 1.165) is 5.69 Å². The highest BCUT2D eigenvalue weighted by Crippen LogP contribution is 2.11. The molecule has 0 spiro atoms. The van der Waals surface area contributed by atoms with E-state index >= 15 is 0 Å². The first-order chi connectivity index (χ1) is 8.79. The molecular formula is C14H11N2O2. The van der Waals surface area contributed by atoms with E-state index in [0.29, 0.717) is 11.3 Å². The molecule has 0 saturated heterocycles. The summed E-state index contributed by atoms with van der Waals surface area (Å²) in [6, 6.07) is 15.8. The standard InChI is InChI=1S/C14H11N2O2/c17-10-15-12-8-6-11(7-9-12)14(18)16-13-4-2-1-3-5-13/h1-9H,(H,15,17)(H,16,18). The minimum Gasteiger partial charge on any atom is -0.322 e. The van der Waals surface area contributed by atoms with Crippen LogP contribution in [-0.4, -0.2) is 12.3 Å². The SMILES string of the molecule is O=[C]Nc1ccc(C(=O)Nc2ccccc2)cc1. The summed E-state index contributed by atoms with van der Waals surface area (Å²) in [4.78, 5) is 22.0. The van der Waals surface area contributed by atoms with Gasteiger partial charge >= 0.3 is 6.41 Å². The number of nitrogens with one attached hydrogen (secondary N) is 2. The van der Waals surface area contributed by atoms with Crippen molar-refractivity contribution in [2.75, 3.05) is 10.6 Å². The van der Waals surface area contributed by atoms with Crippen LogP contribution in [0.5, 0.6) is 0 Å². The van der Waals surface area contributed by atoms with Crippen molar-refractivity contribution in [3.8, 4) is 0 Å². The summed E-state index contributed by atoms with van der Waals surface area (Å²) in [5.74, 6) is -0.192. The molecule has 0 unspecified atom stereocenters. The number of rotatable bonds is 4. The molecule has 4 heteroatoms. The maximum Gasteiger partial charge on any atom is 0.314 e. The van der Waals surface area contributed by atoms with Crippen LogP contribution < -0.4 is 10.6 Å². The van der Waals surface area contributed by atoms with Gasteiger partial charge in [0.25, 0.3) is 5.91 Å². The summed E-state index contributed by atoms with van der Waals surface area (Å²) in [6.45, 7) is 0. The lowest BCUT2D eigenvalue weighted by Crippen LogP contribution is -2.11. The van der Waals surface area contributed by atoms with E-state index in [-0.39, 0.29) is 5.91 Å². The number of anilines is 2. The minimum atomic E-state index is -0.192. The lowest BCUT2D eigenvalue weighted by atomic mass is 10.2. The van der Waals surface area contributed by atoms with Crippen molar-refractivity contribution in [3.63, 3.8) is 0 Å². The molecule has 0 aliphatic rings. The fourth-order valence-corrected chi connectivity index (χ4v) is 1.49. The van der Waals surface area contributed by atoms with Gasteiger partial charge in [-0.25, -0.2) is 0 Å². The third-order valence-electron chi connectivity index (χ3n) is 2.37. The fourth-order valence-electron chi connectivity index (χ4n) is 1.49. The third kappa shape index (κ3) is 2.95. The molecule has 0 saturated carbocycles. The molecule has 0 heterocycles. The van der Waals surface area contributed by atoms with Crippen LogP contribution in [0.4, 0.5) is 11.4 Å². The molecular weight excluding hydrogens is 228 g/mol. The van der Waals surface area contributed by atoms with Crippen molar-refractivity contribution < 1.29 is 9.59 Å². The fraction of sp³-hybridized carbons (Fsp3) is 0. The number of amides is 2. The molecule has 2 rings (SSSR count). The van der Waals surface area contributed by atoms with Crippen LogP contribution in [0.2, 0.25) is 0 Å². The molecule has 2 amide bonds. The summed E-state index contributed by atoms with van der Waals surface area (Å²) in [7, 11) is 0. The van der Waals surface area contributed by atoms with Gasteiger partial charge in [0.1, 0.15) is 0 Å². The highest BCUT2D eigenvalue weighted by Gasteiger charge is 2.05. The van der Waals surface area contributed by atoms with E-state index in [2.05, 4.69) is 10.6 Å². The second-order valence-corrected chi connectivity index (χ2v) is 3.62. The molecule has 0 aliphatic heterocycles. The Morgan fingerprint density at radius 1 is 0.889 bits per heavy atom. The monoisotopic (exact) mass is 239 g/mol. The first-order valence-electron chi connectivity index (χ1n) is 5.39. The summed E-state index contributed by atoms with van der Waals surface area (Å²) >= 11 is 0. The minimum absolute atomic E-state index is 0.192. The summed E-state index contributed by atoms with van der Waals surface area (Å²) in [5.41, 5.74) is 1.86. The Balaban J connectivity index is 2.07. The molecule has 0 atom stereocenters. The van der Waals surface area contributed by atoms with E-state index < -0.39 is 0 Å². The largest absolute Gasteiger partial charge is 0.322 e. The van der Waals surface area contributed by atoms with Crippen LogP contribution in [0.25, 0.3) is 0 Å². The highest BCUT2D eigenvalue weighted by atomic mass is 16.1. The molecule has 0 fully saturated rings. The van der Waals surface area contributed by atoms with Gasteiger partial charge in [-0.3, -0.25) is 9.59 Å². The Morgan fingerprint density at radius 3 is 2.17 bits per heavy atom. The van der Waals surface area contributed by atoms with Crippen molar-refractivity contribution in [1.82, 2.24) is 0 Å². The van der Waals surface area contributed by atoms with E-state index in [1.807, 2.05) is 30.3 Å². The van der Waals surface area contributed by atoms with E-state index in [1.54, 1.807) is 30.7 Å². The zero-order valence-corrected chi connectivity index (χ0v) is 9.51. The zero-order chi connectivity index (χ0) is 12.8. The molecule has 2 aromatic carbocycles. The number of benzene rings is 2. The van der Waals surface area contributed by atoms with Gasteiger partial charge in [-0.2, -0.15) is 0 Å². The summed E-state index contributed by atoms with van der Waals surface area (Å²) in [6.07, 6.45) is 1.57. The van der Waals surface area contributed by atoms with Crippen molar-refractivity contribution in [3.05, 3.63) is 60.2 Å². The first-order valence-corrected chi connectivity index (χ1v) is 5.39. The molecule has 0 aliphatic carbocycles. The maximum atomic E-state index is 11.9. The zero-order valence-electron chi connectivity index (χ0n) is 9.51. The average molecular weight is 239 g/mol. The lowest BCUT2D eigenvalue weighted by Gasteiger charge is -2.05. The highest BCUT2D eigenvalue weighted by molar-refractivity contribution is 6.04. The van der Waals surface area contributed by atoms with Gasteiger partial charge in [0, 0.05) is 16.9 Å². The number of hydrogen-bond acceptors (Lipinski definition) is 2. The Morgan fingerprint density at radius 2 is 1.56 bits per heavy atom. The Bertz CT molecular complexity index is 535. The lowest BCUT2D eigenvalue weighted by molar-refractivity contribution is 0.102. The van der Waals surface area contributed by atoms with Gasteiger partial charge in [0.15, 0.2) is 0 Å². The van der Waals surface area contributed by atoms with Crippen molar-refractivity contribution in [2.45, 2.75) is 0 Å². The van der Waals surface area contributed by atoms with Gasteiger partial charge in [-0.15, -0.1) is 0 Å². The van der Waals surface area contributed by atoms with Crippen molar-refractivity contribution in [1.29, 1.82) is 0 Å².